The van der Waals surface area contributed by atoms with Crippen LogP contribution in [0.3, 0.4) is 0 Å². The maximum Gasteiger partial charge on any atom is 0.119 e. The number of rotatable bonds is 6. The van der Waals surface area contributed by atoms with Gasteiger partial charge in [0.15, 0.2) is 0 Å². The van der Waals surface area contributed by atoms with Gasteiger partial charge in [-0.05, 0) is 56.1 Å². The van der Waals surface area contributed by atoms with Crippen molar-refractivity contribution in [2.75, 3.05) is 13.2 Å². The summed E-state index contributed by atoms with van der Waals surface area (Å²) in [5.74, 6) is 0.965. The van der Waals surface area contributed by atoms with E-state index in [4.69, 9.17) is 4.74 Å². The van der Waals surface area contributed by atoms with Gasteiger partial charge in [0.25, 0.3) is 0 Å². The Balaban J connectivity index is 1.35. The quantitative estimate of drug-likeness (QED) is 0.669. The second-order valence-corrected chi connectivity index (χ2v) is 7.03. The lowest BCUT2D eigenvalue weighted by molar-refractivity contribution is 0.167. The van der Waals surface area contributed by atoms with Gasteiger partial charge in [-0.25, -0.2) is 4.98 Å². The number of aromatic nitrogens is 2. The molecule has 1 aromatic heterocycles. The van der Waals surface area contributed by atoms with Gasteiger partial charge in [0.05, 0.1) is 6.33 Å². The Bertz CT molecular complexity index is 810. The van der Waals surface area contributed by atoms with Crippen LogP contribution in [-0.2, 0) is 6.54 Å². The molecule has 134 valence electrons. The minimum absolute atomic E-state index is 0.490. The molecular formula is C22H25N3O. The molecule has 4 rings (SSSR count). The second-order valence-electron chi connectivity index (χ2n) is 7.03. The molecule has 0 N–H and O–H groups in total. The first-order chi connectivity index (χ1) is 12.8. The van der Waals surface area contributed by atoms with E-state index in [1.165, 1.54) is 24.0 Å². The van der Waals surface area contributed by atoms with Gasteiger partial charge in [-0.3, -0.25) is 4.90 Å². The molecule has 4 heteroatoms. The molecule has 1 aliphatic heterocycles. The molecule has 0 spiro atoms. The van der Waals surface area contributed by atoms with Crippen molar-refractivity contribution < 1.29 is 4.74 Å². The van der Waals surface area contributed by atoms with E-state index in [1.54, 1.807) is 6.20 Å². The molecule has 3 aromatic rings. The van der Waals surface area contributed by atoms with E-state index in [2.05, 4.69) is 65.3 Å². The maximum absolute atomic E-state index is 6.03. The lowest BCUT2D eigenvalue weighted by Crippen LogP contribution is -2.33. The average Bonchev–Trinajstić information content (AvgIpc) is 3.34. The molecule has 1 saturated heterocycles. The van der Waals surface area contributed by atoms with Crippen LogP contribution in [0, 0.1) is 6.92 Å². The number of ether oxygens (including phenoxy) is 1. The predicted octanol–water partition coefficient (Wildman–Crippen LogP) is 4.22. The molecule has 1 atom stereocenters. The summed E-state index contributed by atoms with van der Waals surface area (Å²) in [7, 11) is 0. The lowest BCUT2D eigenvalue weighted by atomic mass is 10.1. The highest BCUT2D eigenvalue weighted by atomic mass is 16.5. The normalized spacial score (nSPS) is 17.5. The smallest absolute Gasteiger partial charge is 0.119 e. The number of benzene rings is 2. The van der Waals surface area contributed by atoms with Crippen LogP contribution in [-0.4, -0.2) is 33.6 Å². The topological polar surface area (TPSA) is 30.3 Å². The van der Waals surface area contributed by atoms with Crippen molar-refractivity contribution in [2.45, 2.75) is 32.4 Å². The molecule has 0 amide bonds. The summed E-state index contributed by atoms with van der Waals surface area (Å²) >= 11 is 0. The van der Waals surface area contributed by atoms with Crippen molar-refractivity contribution in [3.63, 3.8) is 0 Å². The van der Waals surface area contributed by atoms with Crippen molar-refractivity contribution in [3.8, 4) is 11.4 Å². The first kappa shape index (κ1) is 16.9. The molecule has 26 heavy (non-hydrogen) atoms. The summed E-state index contributed by atoms with van der Waals surface area (Å²) in [5, 5.41) is 0. The van der Waals surface area contributed by atoms with Crippen molar-refractivity contribution >= 4 is 0 Å². The third-order valence-corrected chi connectivity index (χ3v) is 5.09. The van der Waals surface area contributed by atoms with Crippen molar-refractivity contribution in [1.29, 1.82) is 0 Å². The van der Waals surface area contributed by atoms with E-state index in [0.717, 1.165) is 31.1 Å². The number of imidazole rings is 1. The van der Waals surface area contributed by atoms with Crippen LogP contribution in [0.25, 0.3) is 5.69 Å². The fraction of sp³-hybridized carbons (Fsp3) is 0.318. The van der Waals surface area contributed by atoms with Gasteiger partial charge < -0.3 is 9.30 Å². The largest absolute Gasteiger partial charge is 0.492 e. The molecule has 4 nitrogen and oxygen atoms in total. The van der Waals surface area contributed by atoms with E-state index in [9.17, 15) is 0 Å². The molecule has 0 saturated carbocycles. The molecule has 0 radical (unpaired) electrons. The predicted molar refractivity (Wildman–Crippen MR) is 104 cm³/mol. The third-order valence-electron chi connectivity index (χ3n) is 5.09. The van der Waals surface area contributed by atoms with Crippen LogP contribution in [0.15, 0.2) is 67.3 Å². The summed E-state index contributed by atoms with van der Waals surface area (Å²) in [5.41, 5.74) is 3.75. The van der Waals surface area contributed by atoms with Gasteiger partial charge in [0, 0.05) is 30.7 Å². The number of likely N-dealkylation sites (tertiary alicyclic amines) is 1. The van der Waals surface area contributed by atoms with Crippen molar-refractivity contribution in [3.05, 3.63) is 78.4 Å². The number of nitrogens with zero attached hydrogens (tertiary/aromatic N) is 3. The molecular weight excluding hydrogens is 322 g/mol. The molecule has 0 unspecified atom stereocenters. The van der Waals surface area contributed by atoms with E-state index in [-0.39, 0.29) is 0 Å². The SMILES string of the molecule is Cc1ccc(OC[C@H]2CCCN2Cc2ccc(-n3ccnc3)cc2)cc1. The van der Waals surface area contributed by atoms with Gasteiger partial charge >= 0.3 is 0 Å². The Morgan fingerprint density at radius 1 is 1.08 bits per heavy atom. The minimum atomic E-state index is 0.490. The second kappa shape index (κ2) is 7.75. The van der Waals surface area contributed by atoms with Crippen LogP contribution in [0.4, 0.5) is 0 Å². The first-order valence-electron chi connectivity index (χ1n) is 9.29. The summed E-state index contributed by atoms with van der Waals surface area (Å²) in [6.07, 6.45) is 8.05. The third kappa shape index (κ3) is 3.97. The Morgan fingerprint density at radius 3 is 2.62 bits per heavy atom. The van der Waals surface area contributed by atoms with E-state index < -0.39 is 0 Å². The van der Waals surface area contributed by atoms with E-state index >= 15 is 0 Å². The number of aryl methyl sites for hydroxylation is 1. The molecule has 0 aliphatic carbocycles. The van der Waals surface area contributed by atoms with Crippen LogP contribution in [0.1, 0.15) is 24.0 Å². The Kier molecular flexibility index (Phi) is 5.02. The zero-order valence-corrected chi connectivity index (χ0v) is 15.2. The highest BCUT2D eigenvalue weighted by Gasteiger charge is 2.25. The molecule has 2 aromatic carbocycles. The van der Waals surface area contributed by atoms with Crippen LogP contribution >= 0.6 is 0 Å². The highest BCUT2D eigenvalue weighted by Crippen LogP contribution is 2.22. The lowest BCUT2D eigenvalue weighted by Gasteiger charge is -2.24. The fourth-order valence-electron chi connectivity index (χ4n) is 3.54. The van der Waals surface area contributed by atoms with E-state index in [1.807, 2.05) is 17.1 Å². The summed E-state index contributed by atoms with van der Waals surface area (Å²) in [6, 6.07) is 17.6. The monoisotopic (exact) mass is 347 g/mol. The molecule has 0 bridgehead atoms. The van der Waals surface area contributed by atoms with Gasteiger partial charge in [-0.15, -0.1) is 0 Å². The zero-order valence-electron chi connectivity index (χ0n) is 15.2. The first-order valence-corrected chi connectivity index (χ1v) is 9.29. The maximum atomic E-state index is 6.03. The fourth-order valence-corrected chi connectivity index (χ4v) is 3.54. The summed E-state index contributed by atoms with van der Waals surface area (Å²) in [4.78, 5) is 6.65. The Labute approximate surface area is 155 Å². The van der Waals surface area contributed by atoms with Crippen LogP contribution in [0.2, 0.25) is 0 Å². The summed E-state index contributed by atoms with van der Waals surface area (Å²) in [6.45, 7) is 4.98. The van der Waals surface area contributed by atoms with Crippen LogP contribution < -0.4 is 4.74 Å². The minimum Gasteiger partial charge on any atom is -0.492 e. The van der Waals surface area contributed by atoms with Gasteiger partial charge in [-0.1, -0.05) is 29.8 Å². The highest BCUT2D eigenvalue weighted by molar-refractivity contribution is 5.34. The Morgan fingerprint density at radius 2 is 1.88 bits per heavy atom. The number of hydrogen-bond donors (Lipinski definition) is 0. The van der Waals surface area contributed by atoms with Crippen molar-refractivity contribution in [2.24, 2.45) is 0 Å². The zero-order chi connectivity index (χ0) is 17.8. The Hall–Kier alpha value is -2.59. The molecule has 1 aliphatic rings. The van der Waals surface area contributed by atoms with Crippen molar-refractivity contribution in [1.82, 2.24) is 14.5 Å². The molecule has 2 heterocycles. The summed E-state index contributed by atoms with van der Waals surface area (Å²) < 4.78 is 8.05. The van der Waals surface area contributed by atoms with Gasteiger partial charge in [-0.2, -0.15) is 0 Å². The standard InChI is InChI=1S/C22H25N3O/c1-18-4-10-22(11-5-18)26-16-21-3-2-13-24(21)15-19-6-8-20(9-7-19)25-14-12-23-17-25/h4-12,14,17,21H,2-3,13,15-16H2,1H3/t21-/m1/s1. The molecule has 1 fully saturated rings. The van der Waals surface area contributed by atoms with Gasteiger partial charge in [0.1, 0.15) is 12.4 Å². The average molecular weight is 347 g/mol. The van der Waals surface area contributed by atoms with Crippen LogP contribution in [0.5, 0.6) is 5.75 Å². The van der Waals surface area contributed by atoms with Gasteiger partial charge in [0.2, 0.25) is 0 Å². The number of hydrogen-bond acceptors (Lipinski definition) is 3. The van der Waals surface area contributed by atoms with E-state index in [0.29, 0.717) is 6.04 Å².